The van der Waals surface area contributed by atoms with Gasteiger partial charge in [-0.05, 0) is 12.8 Å². The SMILES string of the molecule is FC1CCN(c2ncc(Cl)cn2)CC1. The summed E-state index contributed by atoms with van der Waals surface area (Å²) < 4.78 is 12.8. The Morgan fingerprint density at radius 2 is 1.86 bits per heavy atom. The number of alkyl halides is 1. The molecule has 1 aliphatic rings. The monoisotopic (exact) mass is 215 g/mol. The highest BCUT2D eigenvalue weighted by molar-refractivity contribution is 6.30. The van der Waals surface area contributed by atoms with Gasteiger partial charge in [0.1, 0.15) is 6.17 Å². The van der Waals surface area contributed by atoms with Gasteiger partial charge < -0.3 is 4.90 Å². The number of nitrogens with zero attached hydrogens (tertiary/aromatic N) is 3. The Morgan fingerprint density at radius 1 is 1.29 bits per heavy atom. The lowest BCUT2D eigenvalue weighted by Gasteiger charge is -2.28. The molecule has 0 atom stereocenters. The van der Waals surface area contributed by atoms with Crippen LogP contribution in [0.25, 0.3) is 0 Å². The van der Waals surface area contributed by atoms with Gasteiger partial charge in [0, 0.05) is 13.1 Å². The fourth-order valence-corrected chi connectivity index (χ4v) is 1.61. The minimum atomic E-state index is -0.668. The lowest BCUT2D eigenvalue weighted by molar-refractivity contribution is 0.276. The van der Waals surface area contributed by atoms with Gasteiger partial charge in [0.05, 0.1) is 17.4 Å². The molecule has 1 aliphatic heterocycles. The molecule has 3 nitrogen and oxygen atoms in total. The lowest BCUT2D eigenvalue weighted by atomic mass is 10.1. The van der Waals surface area contributed by atoms with E-state index >= 15 is 0 Å². The van der Waals surface area contributed by atoms with Crippen molar-refractivity contribution in [3.8, 4) is 0 Å². The molecule has 0 aliphatic carbocycles. The largest absolute Gasteiger partial charge is 0.341 e. The van der Waals surface area contributed by atoms with E-state index < -0.39 is 6.17 Å². The summed E-state index contributed by atoms with van der Waals surface area (Å²) in [7, 11) is 0. The average molecular weight is 216 g/mol. The van der Waals surface area contributed by atoms with Gasteiger partial charge in [-0.25, -0.2) is 14.4 Å². The number of anilines is 1. The van der Waals surface area contributed by atoms with E-state index in [1.54, 1.807) is 12.4 Å². The summed E-state index contributed by atoms with van der Waals surface area (Å²) in [6, 6.07) is 0. The van der Waals surface area contributed by atoms with E-state index in [0.29, 0.717) is 36.9 Å². The zero-order valence-corrected chi connectivity index (χ0v) is 8.41. The first-order valence-corrected chi connectivity index (χ1v) is 5.00. The Hall–Kier alpha value is -0.900. The molecule has 1 aromatic rings. The second kappa shape index (κ2) is 4.09. The molecule has 0 saturated carbocycles. The summed E-state index contributed by atoms with van der Waals surface area (Å²) in [6.45, 7) is 1.37. The smallest absolute Gasteiger partial charge is 0.225 e. The summed E-state index contributed by atoms with van der Waals surface area (Å²) in [5.74, 6) is 0.640. The summed E-state index contributed by atoms with van der Waals surface area (Å²) in [6.07, 6.45) is 3.58. The van der Waals surface area contributed by atoms with Crippen LogP contribution in [-0.2, 0) is 0 Å². The van der Waals surface area contributed by atoms with E-state index in [1.165, 1.54) is 0 Å². The molecule has 0 unspecified atom stereocenters. The molecule has 0 N–H and O–H groups in total. The van der Waals surface area contributed by atoms with Crippen LogP contribution >= 0.6 is 11.6 Å². The van der Waals surface area contributed by atoms with Gasteiger partial charge in [-0.1, -0.05) is 11.6 Å². The third-order valence-corrected chi connectivity index (χ3v) is 2.51. The molecule has 5 heteroatoms. The summed E-state index contributed by atoms with van der Waals surface area (Å²) >= 11 is 5.67. The first-order valence-electron chi connectivity index (χ1n) is 4.62. The fraction of sp³-hybridized carbons (Fsp3) is 0.556. The van der Waals surface area contributed by atoms with E-state index in [2.05, 4.69) is 9.97 Å². The molecule has 0 radical (unpaired) electrons. The van der Waals surface area contributed by atoms with Crippen molar-refractivity contribution in [2.75, 3.05) is 18.0 Å². The average Bonchev–Trinajstić information content (AvgIpc) is 2.21. The van der Waals surface area contributed by atoms with Crippen LogP contribution in [0.15, 0.2) is 12.4 Å². The lowest BCUT2D eigenvalue weighted by Crippen LogP contribution is -2.35. The second-order valence-electron chi connectivity index (χ2n) is 3.36. The molecule has 1 aromatic heterocycles. The van der Waals surface area contributed by atoms with Crippen LogP contribution in [0.4, 0.5) is 10.3 Å². The number of hydrogen-bond donors (Lipinski definition) is 0. The van der Waals surface area contributed by atoms with Gasteiger partial charge in [0.15, 0.2) is 0 Å². The minimum absolute atomic E-state index is 0.522. The molecule has 14 heavy (non-hydrogen) atoms. The van der Waals surface area contributed by atoms with Gasteiger partial charge in [-0.15, -0.1) is 0 Å². The quantitative estimate of drug-likeness (QED) is 0.718. The molecule has 0 spiro atoms. The first-order chi connectivity index (χ1) is 6.75. The molecule has 2 rings (SSSR count). The summed E-state index contributed by atoms with van der Waals surface area (Å²) in [4.78, 5) is 10.2. The van der Waals surface area contributed by atoms with Crippen molar-refractivity contribution in [2.24, 2.45) is 0 Å². The first kappa shape index (κ1) is 9.65. The molecule has 76 valence electrons. The van der Waals surface area contributed by atoms with Crippen molar-refractivity contribution in [1.82, 2.24) is 9.97 Å². The van der Waals surface area contributed by atoms with E-state index in [9.17, 15) is 4.39 Å². The fourth-order valence-electron chi connectivity index (χ4n) is 1.52. The van der Waals surface area contributed by atoms with Crippen molar-refractivity contribution >= 4 is 17.5 Å². The number of aromatic nitrogens is 2. The zero-order chi connectivity index (χ0) is 9.97. The van der Waals surface area contributed by atoms with Crippen LogP contribution in [0.2, 0.25) is 5.02 Å². The Labute approximate surface area is 86.9 Å². The van der Waals surface area contributed by atoms with E-state index in [1.807, 2.05) is 4.90 Å². The maximum atomic E-state index is 12.8. The van der Waals surface area contributed by atoms with Crippen molar-refractivity contribution in [2.45, 2.75) is 19.0 Å². The Bertz CT molecular complexity index is 295. The van der Waals surface area contributed by atoms with Crippen molar-refractivity contribution in [3.05, 3.63) is 17.4 Å². The molecular weight excluding hydrogens is 205 g/mol. The highest BCUT2D eigenvalue weighted by Gasteiger charge is 2.19. The van der Waals surface area contributed by atoms with Crippen molar-refractivity contribution in [3.63, 3.8) is 0 Å². The van der Waals surface area contributed by atoms with Gasteiger partial charge in [-0.3, -0.25) is 0 Å². The molecule has 0 amide bonds. The molecule has 1 saturated heterocycles. The minimum Gasteiger partial charge on any atom is -0.341 e. The third kappa shape index (κ3) is 2.12. The molecule has 0 bridgehead atoms. The second-order valence-corrected chi connectivity index (χ2v) is 3.80. The van der Waals surface area contributed by atoms with Crippen LogP contribution in [-0.4, -0.2) is 29.2 Å². The third-order valence-electron chi connectivity index (χ3n) is 2.31. The van der Waals surface area contributed by atoms with Crippen LogP contribution in [0.3, 0.4) is 0 Å². The summed E-state index contributed by atoms with van der Waals surface area (Å²) in [5, 5.41) is 0.522. The van der Waals surface area contributed by atoms with Crippen molar-refractivity contribution < 1.29 is 4.39 Å². The maximum Gasteiger partial charge on any atom is 0.225 e. The van der Waals surface area contributed by atoms with Gasteiger partial charge in [0.25, 0.3) is 0 Å². The zero-order valence-electron chi connectivity index (χ0n) is 7.66. The maximum absolute atomic E-state index is 12.8. The Kier molecular flexibility index (Phi) is 2.82. The number of halogens is 2. The van der Waals surface area contributed by atoms with Crippen LogP contribution in [0.1, 0.15) is 12.8 Å². The van der Waals surface area contributed by atoms with E-state index in [4.69, 9.17) is 11.6 Å². The molecule has 1 fully saturated rings. The number of rotatable bonds is 1. The molecular formula is C9H11ClFN3. The summed E-state index contributed by atoms with van der Waals surface area (Å²) in [5.41, 5.74) is 0. The highest BCUT2D eigenvalue weighted by Crippen LogP contribution is 2.18. The predicted octanol–water partition coefficient (Wildman–Crippen LogP) is 2.07. The van der Waals surface area contributed by atoms with Crippen LogP contribution in [0, 0.1) is 0 Å². The normalized spacial score (nSPS) is 18.6. The molecule has 2 heterocycles. The number of piperidine rings is 1. The molecule has 0 aromatic carbocycles. The van der Waals surface area contributed by atoms with E-state index in [0.717, 1.165) is 0 Å². The Morgan fingerprint density at radius 3 is 2.43 bits per heavy atom. The topological polar surface area (TPSA) is 29.0 Å². The van der Waals surface area contributed by atoms with Gasteiger partial charge in [-0.2, -0.15) is 0 Å². The van der Waals surface area contributed by atoms with Crippen molar-refractivity contribution in [1.29, 1.82) is 0 Å². The van der Waals surface area contributed by atoms with Gasteiger partial charge in [0.2, 0.25) is 5.95 Å². The van der Waals surface area contributed by atoms with Crippen LogP contribution < -0.4 is 4.90 Å². The van der Waals surface area contributed by atoms with Gasteiger partial charge >= 0.3 is 0 Å². The van der Waals surface area contributed by atoms with Crippen LogP contribution in [0.5, 0.6) is 0 Å². The standard InChI is InChI=1S/C9H11ClFN3/c10-7-5-12-9(13-6-7)14-3-1-8(11)2-4-14/h5-6,8H,1-4H2. The number of hydrogen-bond acceptors (Lipinski definition) is 3. The Balaban J connectivity index is 2.05. The predicted molar refractivity (Wildman–Crippen MR) is 53.4 cm³/mol. The van der Waals surface area contributed by atoms with E-state index in [-0.39, 0.29) is 0 Å². The highest BCUT2D eigenvalue weighted by atomic mass is 35.5.